The van der Waals surface area contributed by atoms with Crippen LogP contribution in [0.1, 0.15) is 438 Å². The van der Waals surface area contributed by atoms with E-state index < -0.39 is 12.1 Å². The maximum absolute atomic E-state index is 12.5. The Morgan fingerprint density at radius 3 is 0.667 bits per heavy atom. The van der Waals surface area contributed by atoms with Gasteiger partial charge in [0, 0.05) is 6.42 Å². The molecule has 0 aliphatic heterocycles. The molecule has 0 aromatic heterocycles. The van der Waals surface area contributed by atoms with Gasteiger partial charge in [-0.25, -0.2) is 0 Å². The highest BCUT2D eigenvalue weighted by Crippen LogP contribution is 2.20. The van der Waals surface area contributed by atoms with Crippen molar-refractivity contribution in [3.8, 4) is 0 Å². The molecule has 4 nitrogen and oxygen atoms in total. The number of unbranched alkanes of at least 4 members (excludes halogenated alkanes) is 63. The van der Waals surface area contributed by atoms with Gasteiger partial charge in [-0.2, -0.15) is 0 Å². The van der Waals surface area contributed by atoms with Gasteiger partial charge in [-0.1, -0.05) is 424 Å². The summed E-state index contributed by atoms with van der Waals surface area (Å²) < 4.78 is 0. The lowest BCUT2D eigenvalue weighted by molar-refractivity contribution is -0.123. The van der Waals surface area contributed by atoms with Crippen molar-refractivity contribution in [2.45, 2.75) is 450 Å². The van der Waals surface area contributed by atoms with E-state index in [1.807, 2.05) is 6.08 Å². The van der Waals surface area contributed by atoms with Crippen LogP contribution >= 0.6 is 0 Å². The first-order valence-electron chi connectivity index (χ1n) is 36.9. The smallest absolute Gasteiger partial charge is 0.220 e. The van der Waals surface area contributed by atoms with E-state index in [9.17, 15) is 15.0 Å². The van der Waals surface area contributed by atoms with Gasteiger partial charge in [0.1, 0.15) is 0 Å². The number of amides is 1. The molecule has 0 aliphatic carbocycles. The van der Waals surface area contributed by atoms with E-state index in [1.165, 1.54) is 392 Å². The number of carbonyl (C=O) groups is 1. The Labute approximate surface area is 492 Å². The molecule has 0 aromatic carbocycles. The fraction of sp³-hybridized carbons (Fsp3) is 0.959. The van der Waals surface area contributed by atoms with Crippen molar-refractivity contribution < 1.29 is 15.0 Å². The minimum Gasteiger partial charge on any atom is -0.394 e. The van der Waals surface area contributed by atoms with Gasteiger partial charge >= 0.3 is 0 Å². The second-order valence-corrected chi connectivity index (χ2v) is 25.7. The number of hydrogen-bond donors (Lipinski definition) is 3. The van der Waals surface area contributed by atoms with Crippen molar-refractivity contribution >= 4 is 5.91 Å². The maximum Gasteiger partial charge on any atom is 0.220 e. The van der Waals surface area contributed by atoms with E-state index in [4.69, 9.17) is 0 Å². The number of aliphatic hydroxyl groups excluding tert-OH is 2. The van der Waals surface area contributed by atoms with Crippen LogP contribution in [0.3, 0.4) is 0 Å². The fourth-order valence-electron chi connectivity index (χ4n) is 12.2. The van der Waals surface area contributed by atoms with Crippen LogP contribution in [0.5, 0.6) is 0 Å². The number of rotatable bonds is 70. The summed E-state index contributed by atoms with van der Waals surface area (Å²) in [5, 5.41) is 23.3. The average molecular weight is 1100 g/mol. The highest BCUT2D eigenvalue weighted by molar-refractivity contribution is 5.76. The van der Waals surface area contributed by atoms with E-state index in [1.54, 1.807) is 6.08 Å². The molecule has 0 spiro atoms. The topological polar surface area (TPSA) is 69.6 Å². The maximum atomic E-state index is 12.5. The van der Waals surface area contributed by atoms with Gasteiger partial charge in [-0.05, 0) is 19.3 Å². The van der Waals surface area contributed by atoms with Crippen LogP contribution < -0.4 is 5.32 Å². The minimum atomic E-state index is -0.837. The van der Waals surface area contributed by atoms with Gasteiger partial charge in [0.2, 0.25) is 5.91 Å². The molecular weight excluding hydrogens is 951 g/mol. The van der Waals surface area contributed by atoms with Gasteiger partial charge in [0.15, 0.2) is 0 Å². The lowest BCUT2D eigenvalue weighted by atomic mass is 10.0. The van der Waals surface area contributed by atoms with E-state index in [-0.39, 0.29) is 12.5 Å². The van der Waals surface area contributed by atoms with Gasteiger partial charge in [-0.15, -0.1) is 0 Å². The van der Waals surface area contributed by atoms with Crippen LogP contribution in [0, 0.1) is 0 Å². The molecule has 0 saturated carbocycles. The number of hydrogen-bond acceptors (Lipinski definition) is 3. The first kappa shape index (κ1) is 77.1. The Balaban J connectivity index is 3.36. The average Bonchev–Trinajstić information content (AvgIpc) is 3.44. The molecule has 1 amide bonds. The Kier molecular flexibility index (Phi) is 69.6. The van der Waals surface area contributed by atoms with Crippen LogP contribution in [0.2, 0.25) is 0 Å². The summed E-state index contributed by atoms with van der Waals surface area (Å²) in [6, 6.07) is -0.620. The summed E-state index contributed by atoms with van der Waals surface area (Å²) in [5.74, 6) is -0.0526. The van der Waals surface area contributed by atoms with Crippen LogP contribution in [0.4, 0.5) is 0 Å². The van der Waals surface area contributed by atoms with Crippen molar-refractivity contribution in [2.75, 3.05) is 6.61 Å². The third kappa shape index (κ3) is 65.9. The van der Waals surface area contributed by atoms with Gasteiger partial charge < -0.3 is 15.5 Å². The largest absolute Gasteiger partial charge is 0.394 e. The fourth-order valence-corrected chi connectivity index (χ4v) is 12.2. The zero-order chi connectivity index (χ0) is 56.2. The highest BCUT2D eigenvalue weighted by atomic mass is 16.3. The Morgan fingerprint density at radius 2 is 0.474 bits per heavy atom. The Bertz CT molecular complexity index is 1110. The summed E-state index contributed by atoms with van der Waals surface area (Å²) in [7, 11) is 0. The van der Waals surface area contributed by atoms with Crippen molar-refractivity contribution in [2.24, 2.45) is 0 Å². The lowest BCUT2D eigenvalue weighted by Gasteiger charge is -2.20. The zero-order valence-electron chi connectivity index (χ0n) is 54.0. The van der Waals surface area contributed by atoms with E-state index in [0.717, 1.165) is 25.7 Å². The minimum absolute atomic E-state index is 0.0526. The second-order valence-electron chi connectivity index (χ2n) is 25.7. The summed E-state index contributed by atoms with van der Waals surface area (Å²) >= 11 is 0. The molecule has 0 bridgehead atoms. The van der Waals surface area contributed by atoms with E-state index in [2.05, 4.69) is 19.2 Å². The van der Waals surface area contributed by atoms with E-state index in [0.29, 0.717) is 6.42 Å². The molecular formula is C74H147NO3. The van der Waals surface area contributed by atoms with Crippen molar-refractivity contribution in [1.29, 1.82) is 0 Å². The second kappa shape index (κ2) is 70.4. The molecule has 0 radical (unpaired) electrons. The molecule has 0 aromatic rings. The molecule has 0 saturated heterocycles. The van der Waals surface area contributed by atoms with Crippen molar-refractivity contribution in [1.82, 2.24) is 5.32 Å². The SMILES string of the molecule is CCCCCCCCCCCCCCCCCCCCCCCCCC/C=C/C(O)C(CO)NC(=O)CCCCCCCCCCCCCCCCCCCCCCCCCCCCCCCCCCCCCCCCCC. The number of nitrogens with one attached hydrogen (secondary N) is 1. The van der Waals surface area contributed by atoms with Crippen molar-refractivity contribution in [3.63, 3.8) is 0 Å². The zero-order valence-corrected chi connectivity index (χ0v) is 54.0. The van der Waals surface area contributed by atoms with E-state index >= 15 is 0 Å². The molecule has 2 atom stereocenters. The molecule has 2 unspecified atom stereocenters. The molecule has 3 N–H and O–H groups in total. The quantitative estimate of drug-likeness (QED) is 0.0420. The molecule has 4 heteroatoms. The Morgan fingerprint density at radius 1 is 0.295 bits per heavy atom. The molecule has 0 aliphatic rings. The molecule has 0 heterocycles. The number of carbonyl (C=O) groups excluding carboxylic acids is 1. The van der Waals surface area contributed by atoms with Crippen LogP contribution in [0.15, 0.2) is 12.2 Å². The summed E-state index contributed by atoms with van der Waals surface area (Å²) in [6.45, 7) is 4.37. The van der Waals surface area contributed by atoms with Gasteiger partial charge in [0.05, 0.1) is 18.8 Å². The summed E-state index contributed by atoms with van der Waals surface area (Å²) in [4.78, 5) is 12.5. The standard InChI is InChI=1S/C74H147NO3/c1-3-5-7-9-11-13-15-17-19-21-23-25-27-29-31-32-33-34-35-36-37-38-39-40-41-42-43-44-46-48-50-52-54-56-58-60-62-64-66-68-70-74(78)75-72(71-76)73(77)69-67-65-63-61-59-57-55-53-51-49-47-45-30-28-26-24-22-20-18-16-14-12-10-8-6-4-2/h67,69,72-73,76-77H,3-66,68,70-71H2,1-2H3,(H,75,78)/b69-67+. The monoisotopic (exact) mass is 1100 g/mol. The number of allylic oxidation sites excluding steroid dienone is 1. The molecule has 466 valence electrons. The lowest BCUT2D eigenvalue weighted by Crippen LogP contribution is -2.45. The first-order chi connectivity index (χ1) is 38.7. The third-order valence-electron chi connectivity index (χ3n) is 17.8. The normalized spacial score (nSPS) is 12.6. The van der Waals surface area contributed by atoms with Gasteiger partial charge in [-0.3, -0.25) is 4.79 Å². The third-order valence-corrected chi connectivity index (χ3v) is 17.8. The van der Waals surface area contributed by atoms with Crippen LogP contribution in [0.25, 0.3) is 0 Å². The number of aliphatic hydroxyl groups is 2. The molecule has 0 fully saturated rings. The summed E-state index contributed by atoms with van der Waals surface area (Å²) in [6.07, 6.45) is 94.8. The predicted octanol–water partition coefficient (Wildman–Crippen LogP) is 25.2. The first-order valence-corrected chi connectivity index (χ1v) is 36.9. The molecule has 0 rings (SSSR count). The van der Waals surface area contributed by atoms with Crippen LogP contribution in [-0.2, 0) is 4.79 Å². The van der Waals surface area contributed by atoms with Crippen molar-refractivity contribution in [3.05, 3.63) is 12.2 Å². The van der Waals surface area contributed by atoms with Crippen LogP contribution in [-0.4, -0.2) is 34.9 Å². The predicted molar refractivity (Wildman–Crippen MR) is 350 cm³/mol. The molecule has 78 heavy (non-hydrogen) atoms. The summed E-state index contributed by atoms with van der Waals surface area (Å²) in [5.41, 5.74) is 0. The van der Waals surface area contributed by atoms with Gasteiger partial charge in [0.25, 0.3) is 0 Å². The Hall–Kier alpha value is -0.870. The highest BCUT2D eigenvalue weighted by Gasteiger charge is 2.18.